The minimum atomic E-state index is 0.170. The fourth-order valence-corrected chi connectivity index (χ4v) is 3.68. The van der Waals surface area contributed by atoms with Crippen LogP contribution in [0.1, 0.15) is 34.1 Å². The van der Waals surface area contributed by atoms with Crippen molar-refractivity contribution in [3.8, 4) is 12.3 Å². The first kappa shape index (κ1) is 20.7. The zero-order chi connectivity index (χ0) is 17.9. The molecule has 0 aromatic rings. The number of rotatable bonds is 9. The van der Waals surface area contributed by atoms with Crippen LogP contribution in [0.4, 0.5) is 0 Å². The SMILES string of the molecule is C#CC(C)/C=C\C(SC1CC=CC=C1N(C)CCNCC)=C(C)C. The third kappa shape index (κ3) is 7.03. The lowest BCUT2D eigenvalue weighted by molar-refractivity contribution is 0.398. The molecule has 3 heteroatoms. The van der Waals surface area contributed by atoms with Gasteiger partial charge in [-0.25, -0.2) is 0 Å². The number of hydrogen-bond donors (Lipinski definition) is 1. The molecule has 0 heterocycles. The lowest BCUT2D eigenvalue weighted by atomic mass is 10.1. The zero-order valence-electron chi connectivity index (χ0n) is 15.8. The molecule has 1 aliphatic rings. The molecule has 24 heavy (non-hydrogen) atoms. The highest BCUT2D eigenvalue weighted by molar-refractivity contribution is 8.04. The quantitative estimate of drug-likeness (QED) is 0.374. The van der Waals surface area contributed by atoms with Crippen molar-refractivity contribution >= 4 is 11.8 Å². The van der Waals surface area contributed by atoms with Crippen LogP contribution in [0.5, 0.6) is 0 Å². The Morgan fingerprint density at radius 2 is 2.29 bits per heavy atom. The average Bonchev–Trinajstić information content (AvgIpc) is 2.58. The van der Waals surface area contributed by atoms with E-state index < -0.39 is 0 Å². The molecule has 0 bridgehead atoms. The van der Waals surface area contributed by atoms with Crippen LogP contribution in [0.25, 0.3) is 0 Å². The number of allylic oxidation sites excluding steroid dienone is 6. The molecular weight excluding hydrogens is 312 g/mol. The second-order valence-electron chi connectivity index (χ2n) is 6.32. The molecule has 1 aliphatic carbocycles. The van der Waals surface area contributed by atoms with E-state index in [0.717, 1.165) is 26.1 Å². The summed E-state index contributed by atoms with van der Waals surface area (Å²) in [6, 6.07) is 0. The lowest BCUT2D eigenvalue weighted by Gasteiger charge is -2.30. The second-order valence-corrected chi connectivity index (χ2v) is 7.56. The summed E-state index contributed by atoms with van der Waals surface area (Å²) in [4.78, 5) is 3.70. The van der Waals surface area contributed by atoms with Gasteiger partial charge in [-0.2, -0.15) is 0 Å². The fourth-order valence-electron chi connectivity index (χ4n) is 2.40. The maximum Gasteiger partial charge on any atom is 0.0528 e. The molecule has 2 nitrogen and oxygen atoms in total. The van der Waals surface area contributed by atoms with Gasteiger partial charge < -0.3 is 10.2 Å². The van der Waals surface area contributed by atoms with Gasteiger partial charge in [0.25, 0.3) is 0 Å². The van der Waals surface area contributed by atoms with Crippen LogP contribution in [0.15, 0.2) is 46.6 Å². The molecule has 0 aromatic carbocycles. The number of likely N-dealkylation sites (N-methyl/N-ethyl adjacent to an activating group) is 2. The molecule has 0 saturated heterocycles. The Morgan fingerprint density at radius 1 is 1.54 bits per heavy atom. The summed E-state index contributed by atoms with van der Waals surface area (Å²) in [6.07, 6.45) is 17.5. The highest BCUT2D eigenvalue weighted by Gasteiger charge is 2.20. The Morgan fingerprint density at radius 3 is 2.92 bits per heavy atom. The standard InChI is InChI=1S/C21H32N2S/c1-7-18(5)13-14-20(17(3)4)24-21-12-10-9-11-19(21)23(6)16-15-22-8-2/h1,9-11,13-14,18,21-22H,8,12,15-16H2,2-6H3/b14-13-. The van der Waals surface area contributed by atoms with Gasteiger partial charge in [0.2, 0.25) is 0 Å². The maximum absolute atomic E-state index is 5.48. The molecule has 132 valence electrons. The topological polar surface area (TPSA) is 15.3 Å². The smallest absolute Gasteiger partial charge is 0.0528 e. The number of terminal acetylenes is 1. The van der Waals surface area contributed by atoms with E-state index in [0.29, 0.717) is 5.25 Å². The van der Waals surface area contributed by atoms with Crippen molar-refractivity contribution in [2.75, 3.05) is 26.7 Å². The lowest BCUT2D eigenvalue weighted by Crippen LogP contribution is -2.32. The van der Waals surface area contributed by atoms with Crippen LogP contribution in [0.3, 0.4) is 0 Å². The van der Waals surface area contributed by atoms with Gasteiger partial charge in [-0.1, -0.05) is 42.7 Å². The van der Waals surface area contributed by atoms with E-state index in [-0.39, 0.29) is 5.92 Å². The number of hydrogen-bond acceptors (Lipinski definition) is 3. The summed E-state index contributed by atoms with van der Waals surface area (Å²) in [5, 5.41) is 3.85. The largest absolute Gasteiger partial charge is 0.376 e. The number of thioether (sulfide) groups is 1. The number of nitrogens with one attached hydrogen (secondary N) is 1. The maximum atomic E-state index is 5.48. The van der Waals surface area contributed by atoms with E-state index in [1.54, 1.807) is 0 Å². The molecule has 0 spiro atoms. The van der Waals surface area contributed by atoms with E-state index in [2.05, 4.69) is 74.3 Å². The predicted molar refractivity (Wildman–Crippen MR) is 110 cm³/mol. The summed E-state index contributed by atoms with van der Waals surface area (Å²) < 4.78 is 0. The Kier molecular flexibility index (Phi) is 9.67. The molecule has 0 fully saturated rings. The summed E-state index contributed by atoms with van der Waals surface area (Å²) in [7, 11) is 2.19. The van der Waals surface area contributed by atoms with Gasteiger partial charge in [0, 0.05) is 36.7 Å². The van der Waals surface area contributed by atoms with E-state index in [4.69, 9.17) is 6.42 Å². The monoisotopic (exact) mass is 344 g/mol. The molecule has 0 aromatic heterocycles. The molecule has 0 saturated carbocycles. The third-order valence-corrected chi connectivity index (χ3v) is 5.48. The van der Waals surface area contributed by atoms with E-state index >= 15 is 0 Å². The Balaban J connectivity index is 2.80. The van der Waals surface area contributed by atoms with Gasteiger partial charge in [-0.15, -0.1) is 18.2 Å². The minimum absolute atomic E-state index is 0.170. The van der Waals surface area contributed by atoms with Gasteiger partial charge in [0.15, 0.2) is 0 Å². The summed E-state index contributed by atoms with van der Waals surface area (Å²) in [5.74, 6) is 2.93. The summed E-state index contributed by atoms with van der Waals surface area (Å²) >= 11 is 1.94. The van der Waals surface area contributed by atoms with E-state index in [9.17, 15) is 0 Å². The van der Waals surface area contributed by atoms with Gasteiger partial charge >= 0.3 is 0 Å². The van der Waals surface area contributed by atoms with Gasteiger partial charge in [0.1, 0.15) is 0 Å². The first-order chi connectivity index (χ1) is 11.5. The zero-order valence-corrected chi connectivity index (χ0v) is 16.6. The number of nitrogens with zero attached hydrogens (tertiary/aromatic N) is 1. The molecule has 2 atom stereocenters. The van der Waals surface area contributed by atoms with Crippen molar-refractivity contribution in [1.82, 2.24) is 10.2 Å². The van der Waals surface area contributed by atoms with Crippen LogP contribution in [-0.2, 0) is 0 Å². The highest BCUT2D eigenvalue weighted by Crippen LogP contribution is 2.35. The third-order valence-electron chi connectivity index (χ3n) is 3.96. The second kappa shape index (κ2) is 11.2. The Labute approximate surface area is 153 Å². The first-order valence-electron chi connectivity index (χ1n) is 8.76. The Hall–Kier alpha value is -1.37. The van der Waals surface area contributed by atoms with E-state index in [1.165, 1.54) is 16.2 Å². The van der Waals surface area contributed by atoms with E-state index in [1.807, 2.05) is 18.7 Å². The molecule has 1 rings (SSSR count). The van der Waals surface area contributed by atoms with Gasteiger partial charge in [-0.05, 0) is 39.8 Å². The van der Waals surface area contributed by atoms with Crippen LogP contribution in [0, 0.1) is 18.3 Å². The van der Waals surface area contributed by atoms with Crippen molar-refractivity contribution < 1.29 is 0 Å². The van der Waals surface area contributed by atoms with Crippen molar-refractivity contribution in [3.63, 3.8) is 0 Å². The summed E-state index contributed by atoms with van der Waals surface area (Å²) in [5.41, 5.74) is 2.74. The molecular formula is C21H32N2S. The molecule has 2 unspecified atom stereocenters. The average molecular weight is 345 g/mol. The normalized spacial score (nSPS) is 18.2. The first-order valence-corrected chi connectivity index (χ1v) is 9.64. The molecule has 0 radical (unpaired) electrons. The minimum Gasteiger partial charge on any atom is -0.376 e. The fraction of sp³-hybridized carbons (Fsp3) is 0.524. The Bertz CT molecular complexity index is 545. The van der Waals surface area contributed by atoms with Crippen LogP contribution in [0.2, 0.25) is 0 Å². The van der Waals surface area contributed by atoms with Gasteiger partial charge in [0.05, 0.1) is 5.25 Å². The predicted octanol–water partition coefficient (Wildman–Crippen LogP) is 4.59. The van der Waals surface area contributed by atoms with Crippen LogP contribution in [-0.4, -0.2) is 36.8 Å². The van der Waals surface area contributed by atoms with Crippen molar-refractivity contribution in [2.24, 2.45) is 5.92 Å². The van der Waals surface area contributed by atoms with Gasteiger partial charge in [-0.3, -0.25) is 0 Å². The summed E-state index contributed by atoms with van der Waals surface area (Å²) in [6.45, 7) is 11.6. The molecule has 0 amide bonds. The molecule has 0 aliphatic heterocycles. The van der Waals surface area contributed by atoms with Crippen molar-refractivity contribution in [3.05, 3.63) is 46.6 Å². The molecule has 1 N–H and O–H groups in total. The van der Waals surface area contributed by atoms with Crippen molar-refractivity contribution in [1.29, 1.82) is 0 Å². The van der Waals surface area contributed by atoms with Crippen LogP contribution >= 0.6 is 11.8 Å². The van der Waals surface area contributed by atoms with Crippen LogP contribution < -0.4 is 5.32 Å². The highest BCUT2D eigenvalue weighted by atomic mass is 32.2. The van der Waals surface area contributed by atoms with Crippen molar-refractivity contribution in [2.45, 2.75) is 39.4 Å².